The lowest BCUT2D eigenvalue weighted by Crippen LogP contribution is -2.29. The van der Waals surface area contributed by atoms with Gasteiger partial charge in [-0.2, -0.15) is 0 Å². The summed E-state index contributed by atoms with van der Waals surface area (Å²) < 4.78 is 1.51. The number of pyridine rings is 2. The summed E-state index contributed by atoms with van der Waals surface area (Å²) in [6.07, 6.45) is 1.64. The van der Waals surface area contributed by atoms with Gasteiger partial charge in [-0.3, -0.25) is 19.1 Å². The third-order valence-electron chi connectivity index (χ3n) is 3.66. The molecule has 23 heavy (non-hydrogen) atoms. The van der Waals surface area contributed by atoms with Crippen molar-refractivity contribution in [2.75, 3.05) is 5.32 Å². The van der Waals surface area contributed by atoms with E-state index in [1.165, 1.54) is 4.57 Å². The number of fused-ring (bicyclic) bond motifs is 1. The van der Waals surface area contributed by atoms with Crippen LogP contribution in [0.3, 0.4) is 0 Å². The van der Waals surface area contributed by atoms with Gasteiger partial charge in [-0.1, -0.05) is 18.2 Å². The number of aromatic nitrogens is 2. The number of benzene rings is 1. The molecule has 5 nitrogen and oxygen atoms in total. The molecule has 1 N–H and O–H groups in total. The quantitative estimate of drug-likeness (QED) is 0.809. The minimum absolute atomic E-state index is 0.0254. The van der Waals surface area contributed by atoms with E-state index < -0.39 is 0 Å². The topological polar surface area (TPSA) is 64.0 Å². The van der Waals surface area contributed by atoms with Gasteiger partial charge < -0.3 is 5.32 Å². The summed E-state index contributed by atoms with van der Waals surface area (Å²) in [7, 11) is 0. The number of rotatable bonds is 3. The average molecular weight is 307 g/mol. The maximum atomic E-state index is 12.4. The Hall–Kier alpha value is -2.95. The molecule has 3 rings (SSSR count). The molecule has 0 fully saturated rings. The van der Waals surface area contributed by atoms with Gasteiger partial charge in [0.25, 0.3) is 5.56 Å². The number of para-hydroxylation sites is 1. The average Bonchev–Trinajstić information content (AvgIpc) is 2.52. The van der Waals surface area contributed by atoms with Crippen molar-refractivity contribution >= 4 is 22.5 Å². The van der Waals surface area contributed by atoms with Crippen molar-refractivity contribution < 1.29 is 4.79 Å². The third kappa shape index (κ3) is 3.13. The molecule has 0 atom stereocenters. The number of carbonyl (C=O) groups is 1. The smallest absolute Gasteiger partial charge is 0.254 e. The minimum atomic E-state index is -0.242. The molecule has 2 aromatic heterocycles. The molecule has 1 aromatic carbocycles. The predicted octanol–water partition coefficient (Wildman–Crippen LogP) is 2.65. The number of nitrogens with one attached hydrogen (secondary N) is 1. The third-order valence-corrected chi connectivity index (χ3v) is 3.66. The van der Waals surface area contributed by atoms with E-state index in [0.29, 0.717) is 11.3 Å². The fourth-order valence-corrected chi connectivity index (χ4v) is 2.60. The molecular formula is C18H17N3O2. The molecule has 1 amide bonds. The van der Waals surface area contributed by atoms with Crippen LogP contribution in [0.2, 0.25) is 0 Å². The molecule has 0 unspecified atom stereocenters. The Morgan fingerprint density at radius 1 is 1.17 bits per heavy atom. The Morgan fingerprint density at radius 2 is 1.96 bits per heavy atom. The maximum absolute atomic E-state index is 12.4. The lowest BCUT2D eigenvalue weighted by molar-refractivity contribution is -0.116. The molecule has 2 heterocycles. The van der Waals surface area contributed by atoms with Crippen LogP contribution in [0.25, 0.3) is 10.9 Å². The van der Waals surface area contributed by atoms with Gasteiger partial charge in [0.1, 0.15) is 6.54 Å². The number of anilines is 1. The monoisotopic (exact) mass is 307 g/mol. The molecule has 5 heteroatoms. The van der Waals surface area contributed by atoms with Crippen LogP contribution in [0, 0.1) is 13.8 Å². The number of hydrogen-bond donors (Lipinski definition) is 1. The maximum Gasteiger partial charge on any atom is 0.254 e. The number of nitrogens with zero attached hydrogens (tertiary/aromatic N) is 2. The molecule has 0 saturated carbocycles. The van der Waals surface area contributed by atoms with Gasteiger partial charge in [-0.25, -0.2) is 0 Å². The molecule has 0 bridgehead atoms. The Labute approximate surface area is 133 Å². The highest BCUT2D eigenvalue weighted by Crippen LogP contribution is 2.13. The van der Waals surface area contributed by atoms with Crippen LogP contribution >= 0.6 is 0 Å². The molecule has 116 valence electrons. The summed E-state index contributed by atoms with van der Waals surface area (Å²) in [5.41, 5.74) is 2.72. The zero-order valence-corrected chi connectivity index (χ0v) is 13.0. The van der Waals surface area contributed by atoms with Crippen LogP contribution < -0.4 is 10.9 Å². The first-order chi connectivity index (χ1) is 11.0. The Bertz CT molecular complexity index is 944. The van der Waals surface area contributed by atoms with Crippen LogP contribution in [0.1, 0.15) is 11.3 Å². The standard InChI is InChI=1S/C18H17N3O2/c1-12-9-14-5-3-4-6-16(14)21(18(12)23)11-17(22)20-15-7-8-19-13(2)10-15/h3-10H,11H2,1-2H3,(H,19,20,22). The summed E-state index contributed by atoms with van der Waals surface area (Å²) in [6, 6.07) is 12.9. The Kier molecular flexibility index (Phi) is 3.93. The van der Waals surface area contributed by atoms with E-state index >= 15 is 0 Å². The lowest BCUT2D eigenvalue weighted by atomic mass is 10.1. The van der Waals surface area contributed by atoms with Crippen LogP contribution in [-0.4, -0.2) is 15.5 Å². The normalized spacial score (nSPS) is 10.7. The van der Waals surface area contributed by atoms with Crippen molar-refractivity contribution in [3.05, 3.63) is 70.3 Å². The lowest BCUT2D eigenvalue weighted by Gasteiger charge is -2.12. The SMILES string of the molecule is Cc1cc(NC(=O)Cn2c(=O)c(C)cc3ccccc32)ccn1. The Balaban J connectivity index is 1.93. The van der Waals surface area contributed by atoms with Crippen LogP contribution in [0.15, 0.2) is 53.5 Å². The highest BCUT2D eigenvalue weighted by Gasteiger charge is 2.10. The summed E-state index contributed by atoms with van der Waals surface area (Å²) >= 11 is 0. The first kappa shape index (κ1) is 15.0. The van der Waals surface area contributed by atoms with Crippen LogP contribution in [-0.2, 0) is 11.3 Å². The van der Waals surface area contributed by atoms with Crippen molar-refractivity contribution in [3.8, 4) is 0 Å². The Morgan fingerprint density at radius 3 is 2.74 bits per heavy atom. The van der Waals surface area contributed by atoms with Gasteiger partial charge >= 0.3 is 0 Å². The van der Waals surface area contributed by atoms with Gasteiger partial charge in [-0.05, 0) is 43.5 Å². The largest absolute Gasteiger partial charge is 0.324 e. The summed E-state index contributed by atoms with van der Waals surface area (Å²) in [5, 5.41) is 3.75. The van der Waals surface area contributed by atoms with E-state index in [0.717, 1.165) is 16.6 Å². The van der Waals surface area contributed by atoms with Gasteiger partial charge in [-0.15, -0.1) is 0 Å². The van der Waals surface area contributed by atoms with E-state index in [1.807, 2.05) is 37.3 Å². The second-order valence-electron chi connectivity index (χ2n) is 5.51. The molecule has 0 radical (unpaired) electrons. The molecule has 3 aromatic rings. The highest BCUT2D eigenvalue weighted by atomic mass is 16.2. The van der Waals surface area contributed by atoms with E-state index in [2.05, 4.69) is 10.3 Å². The predicted molar refractivity (Wildman–Crippen MR) is 90.5 cm³/mol. The van der Waals surface area contributed by atoms with Crippen molar-refractivity contribution in [2.45, 2.75) is 20.4 Å². The molecule has 0 aliphatic heterocycles. The first-order valence-corrected chi connectivity index (χ1v) is 7.36. The number of aryl methyl sites for hydroxylation is 2. The van der Waals surface area contributed by atoms with Gasteiger partial charge in [0.15, 0.2) is 0 Å². The molecular weight excluding hydrogens is 290 g/mol. The zero-order valence-electron chi connectivity index (χ0n) is 13.0. The van der Waals surface area contributed by atoms with Gasteiger partial charge in [0, 0.05) is 23.1 Å². The van der Waals surface area contributed by atoms with E-state index in [4.69, 9.17) is 0 Å². The van der Waals surface area contributed by atoms with E-state index in [-0.39, 0.29) is 18.0 Å². The number of amides is 1. The number of hydrogen-bond acceptors (Lipinski definition) is 3. The minimum Gasteiger partial charge on any atom is -0.324 e. The zero-order chi connectivity index (χ0) is 16.4. The van der Waals surface area contributed by atoms with Crippen molar-refractivity contribution in [2.24, 2.45) is 0 Å². The van der Waals surface area contributed by atoms with Crippen molar-refractivity contribution in [1.82, 2.24) is 9.55 Å². The van der Waals surface area contributed by atoms with Crippen molar-refractivity contribution in [3.63, 3.8) is 0 Å². The number of carbonyl (C=O) groups excluding carboxylic acids is 1. The van der Waals surface area contributed by atoms with Crippen molar-refractivity contribution in [1.29, 1.82) is 0 Å². The van der Waals surface area contributed by atoms with Gasteiger partial charge in [0.05, 0.1) is 5.52 Å². The van der Waals surface area contributed by atoms with E-state index in [1.54, 1.807) is 25.3 Å². The molecule has 0 spiro atoms. The molecule has 0 aliphatic rings. The van der Waals surface area contributed by atoms with Crippen LogP contribution in [0.4, 0.5) is 5.69 Å². The summed E-state index contributed by atoms with van der Waals surface area (Å²) in [5.74, 6) is -0.242. The second kappa shape index (κ2) is 6.04. The van der Waals surface area contributed by atoms with Crippen LogP contribution in [0.5, 0.6) is 0 Å². The molecule has 0 saturated heterocycles. The first-order valence-electron chi connectivity index (χ1n) is 7.36. The fraction of sp³-hybridized carbons (Fsp3) is 0.167. The summed E-state index contributed by atoms with van der Waals surface area (Å²) in [4.78, 5) is 28.8. The second-order valence-corrected chi connectivity index (χ2v) is 5.51. The highest BCUT2D eigenvalue weighted by molar-refractivity contribution is 5.91. The fourth-order valence-electron chi connectivity index (χ4n) is 2.60. The van der Waals surface area contributed by atoms with Gasteiger partial charge in [0.2, 0.25) is 5.91 Å². The summed E-state index contributed by atoms with van der Waals surface area (Å²) in [6.45, 7) is 3.59. The van der Waals surface area contributed by atoms with E-state index in [9.17, 15) is 9.59 Å². The molecule has 0 aliphatic carbocycles.